The number of hydrogen-bond acceptors (Lipinski definition) is 4. The molecule has 3 aromatic rings. The summed E-state index contributed by atoms with van der Waals surface area (Å²) in [6, 6.07) is 13.4. The van der Waals surface area contributed by atoms with E-state index in [2.05, 4.69) is 17.9 Å². The molecule has 4 nitrogen and oxygen atoms in total. The lowest BCUT2D eigenvalue weighted by atomic mass is 10.0. The summed E-state index contributed by atoms with van der Waals surface area (Å²) in [6.07, 6.45) is 4.36. The molecule has 1 N–H and O–H groups in total. The summed E-state index contributed by atoms with van der Waals surface area (Å²) in [6.45, 7) is 5.87. The average molecular weight is 349 g/mol. The van der Waals surface area contributed by atoms with Gasteiger partial charge in [0, 0.05) is 36.2 Å². The van der Waals surface area contributed by atoms with Gasteiger partial charge in [-0.25, -0.2) is 0 Å². The first kappa shape index (κ1) is 16.6. The minimum Gasteiger partial charge on any atom is -0.508 e. The molecule has 4 rings (SSSR count). The highest BCUT2D eigenvalue weighted by molar-refractivity contribution is 5.81. The van der Waals surface area contributed by atoms with Crippen LogP contribution in [-0.2, 0) is 0 Å². The summed E-state index contributed by atoms with van der Waals surface area (Å²) in [5, 5.41) is 11.0. The van der Waals surface area contributed by atoms with Crippen molar-refractivity contribution in [2.75, 3.05) is 18.0 Å². The molecule has 1 aliphatic rings. The average Bonchev–Trinajstić information content (AvgIpc) is 3.00. The molecule has 134 valence electrons. The molecular weight excluding hydrogens is 326 g/mol. The Morgan fingerprint density at radius 1 is 1.15 bits per heavy atom. The highest BCUT2D eigenvalue weighted by atomic mass is 16.5. The number of benzene rings is 2. The summed E-state index contributed by atoms with van der Waals surface area (Å²) in [4.78, 5) is 2.28. The Morgan fingerprint density at radius 2 is 2.04 bits per heavy atom. The van der Waals surface area contributed by atoms with Crippen molar-refractivity contribution in [3.63, 3.8) is 0 Å². The van der Waals surface area contributed by atoms with E-state index >= 15 is 0 Å². The SMILES string of the molecule is CCCCN1CC=C(Oc2ccc3cc(C)oc3c2)c2ccc(O)cc21. The van der Waals surface area contributed by atoms with E-state index in [-0.39, 0.29) is 5.75 Å². The summed E-state index contributed by atoms with van der Waals surface area (Å²) < 4.78 is 11.9. The molecule has 0 fully saturated rings. The number of hydrogen-bond donors (Lipinski definition) is 1. The van der Waals surface area contributed by atoms with Crippen molar-refractivity contribution < 1.29 is 14.3 Å². The van der Waals surface area contributed by atoms with Gasteiger partial charge in [-0.05, 0) is 49.8 Å². The van der Waals surface area contributed by atoms with Crippen LogP contribution in [0.15, 0.2) is 53.0 Å². The molecule has 0 amide bonds. The van der Waals surface area contributed by atoms with Crippen LogP contribution < -0.4 is 9.64 Å². The number of phenols is 1. The molecule has 1 aliphatic heterocycles. The second-order valence-electron chi connectivity index (χ2n) is 6.73. The van der Waals surface area contributed by atoms with Crippen molar-refractivity contribution in [1.82, 2.24) is 0 Å². The number of aryl methyl sites for hydroxylation is 1. The van der Waals surface area contributed by atoms with Crippen molar-refractivity contribution >= 4 is 22.4 Å². The molecular formula is C22H23NO3. The highest BCUT2D eigenvalue weighted by Gasteiger charge is 2.21. The number of ether oxygens (including phenoxy) is 1. The lowest BCUT2D eigenvalue weighted by Crippen LogP contribution is -2.28. The Labute approximate surface area is 153 Å². The van der Waals surface area contributed by atoms with Crippen LogP contribution in [0, 0.1) is 6.92 Å². The van der Waals surface area contributed by atoms with Crippen LogP contribution in [0.25, 0.3) is 16.7 Å². The van der Waals surface area contributed by atoms with Crippen LogP contribution in [-0.4, -0.2) is 18.2 Å². The zero-order valence-corrected chi connectivity index (χ0v) is 15.2. The summed E-state index contributed by atoms with van der Waals surface area (Å²) in [5.74, 6) is 2.73. The molecule has 0 bridgehead atoms. The largest absolute Gasteiger partial charge is 0.508 e. The van der Waals surface area contributed by atoms with Gasteiger partial charge in [0.05, 0.1) is 5.69 Å². The second kappa shape index (κ2) is 6.79. The van der Waals surface area contributed by atoms with Crippen LogP contribution in [0.5, 0.6) is 11.5 Å². The maximum Gasteiger partial charge on any atom is 0.137 e. The van der Waals surface area contributed by atoms with Gasteiger partial charge in [-0.15, -0.1) is 0 Å². The number of nitrogens with zero attached hydrogens (tertiary/aromatic N) is 1. The van der Waals surface area contributed by atoms with Crippen molar-refractivity contribution in [3.05, 3.63) is 59.9 Å². The number of fused-ring (bicyclic) bond motifs is 2. The van der Waals surface area contributed by atoms with Gasteiger partial charge in [0.1, 0.15) is 28.6 Å². The van der Waals surface area contributed by atoms with Gasteiger partial charge in [0.15, 0.2) is 0 Å². The van der Waals surface area contributed by atoms with E-state index in [1.165, 1.54) is 0 Å². The van der Waals surface area contributed by atoms with Gasteiger partial charge in [-0.1, -0.05) is 13.3 Å². The van der Waals surface area contributed by atoms with Gasteiger partial charge >= 0.3 is 0 Å². The van der Waals surface area contributed by atoms with Gasteiger partial charge in [0.25, 0.3) is 0 Å². The Bertz CT molecular complexity index is 971. The number of unbranched alkanes of at least 4 members (excludes halogenated alkanes) is 1. The first-order valence-electron chi connectivity index (χ1n) is 9.10. The van der Waals surface area contributed by atoms with Crippen LogP contribution in [0.2, 0.25) is 0 Å². The maximum absolute atomic E-state index is 9.93. The Balaban J connectivity index is 1.64. The Morgan fingerprint density at radius 3 is 2.88 bits per heavy atom. The van der Waals surface area contributed by atoms with E-state index in [0.717, 1.165) is 65.4 Å². The summed E-state index contributed by atoms with van der Waals surface area (Å²) in [7, 11) is 0. The Kier molecular flexibility index (Phi) is 4.33. The minimum absolute atomic E-state index is 0.277. The van der Waals surface area contributed by atoms with Crippen LogP contribution in [0.4, 0.5) is 5.69 Å². The molecule has 2 aromatic carbocycles. The quantitative estimate of drug-likeness (QED) is 0.662. The molecule has 26 heavy (non-hydrogen) atoms. The predicted octanol–water partition coefficient (Wildman–Crippen LogP) is 5.49. The molecule has 0 radical (unpaired) electrons. The molecule has 0 atom stereocenters. The summed E-state index contributed by atoms with van der Waals surface area (Å²) >= 11 is 0. The first-order valence-corrected chi connectivity index (χ1v) is 9.10. The maximum atomic E-state index is 9.93. The van der Waals surface area contributed by atoms with Crippen molar-refractivity contribution in [3.8, 4) is 11.5 Å². The van der Waals surface area contributed by atoms with Crippen LogP contribution >= 0.6 is 0 Å². The van der Waals surface area contributed by atoms with E-state index < -0.39 is 0 Å². The molecule has 2 heterocycles. The molecule has 1 aromatic heterocycles. The van der Waals surface area contributed by atoms with Gasteiger partial charge in [0.2, 0.25) is 0 Å². The lowest BCUT2D eigenvalue weighted by molar-refractivity contribution is 0.474. The van der Waals surface area contributed by atoms with Gasteiger partial charge < -0.3 is 19.2 Å². The third kappa shape index (κ3) is 3.15. The van der Waals surface area contributed by atoms with Crippen molar-refractivity contribution in [2.24, 2.45) is 0 Å². The number of furan rings is 1. The molecule has 0 saturated heterocycles. The third-order valence-electron chi connectivity index (χ3n) is 4.71. The minimum atomic E-state index is 0.277. The second-order valence-corrected chi connectivity index (χ2v) is 6.73. The number of phenolic OH excluding ortho intramolecular Hbond substituents is 1. The smallest absolute Gasteiger partial charge is 0.137 e. The first-order chi connectivity index (χ1) is 12.6. The Hall–Kier alpha value is -2.88. The van der Waals surface area contributed by atoms with Crippen LogP contribution in [0.3, 0.4) is 0 Å². The fourth-order valence-corrected chi connectivity index (χ4v) is 3.38. The van der Waals surface area contributed by atoms with E-state index in [4.69, 9.17) is 9.15 Å². The van der Waals surface area contributed by atoms with Crippen molar-refractivity contribution in [1.29, 1.82) is 0 Å². The van der Waals surface area contributed by atoms with E-state index in [1.807, 2.05) is 43.3 Å². The van der Waals surface area contributed by atoms with E-state index in [0.29, 0.717) is 0 Å². The third-order valence-corrected chi connectivity index (χ3v) is 4.71. The molecule has 0 spiro atoms. The highest BCUT2D eigenvalue weighted by Crippen LogP contribution is 2.36. The predicted molar refractivity (Wildman–Crippen MR) is 105 cm³/mol. The molecule has 4 heteroatoms. The summed E-state index contributed by atoms with van der Waals surface area (Å²) in [5.41, 5.74) is 2.85. The van der Waals surface area contributed by atoms with E-state index in [9.17, 15) is 5.11 Å². The molecule has 0 aliphatic carbocycles. The van der Waals surface area contributed by atoms with Gasteiger partial charge in [-0.3, -0.25) is 0 Å². The lowest BCUT2D eigenvalue weighted by Gasteiger charge is -2.30. The molecule has 0 unspecified atom stereocenters. The molecule has 0 saturated carbocycles. The van der Waals surface area contributed by atoms with Gasteiger partial charge in [-0.2, -0.15) is 0 Å². The number of aromatic hydroxyl groups is 1. The topological polar surface area (TPSA) is 45.8 Å². The van der Waals surface area contributed by atoms with Crippen LogP contribution in [0.1, 0.15) is 31.1 Å². The fraction of sp³-hybridized carbons (Fsp3) is 0.273. The number of rotatable bonds is 5. The van der Waals surface area contributed by atoms with Crippen molar-refractivity contribution in [2.45, 2.75) is 26.7 Å². The standard InChI is InChI=1S/C22H23NO3/c1-3-4-10-23-11-9-21(19-8-6-17(24)13-20(19)23)26-18-7-5-16-12-15(2)25-22(16)14-18/h5-9,12-14,24H,3-4,10-11H2,1-2H3. The van der Waals surface area contributed by atoms with E-state index in [1.54, 1.807) is 6.07 Å². The number of anilines is 1. The fourth-order valence-electron chi connectivity index (χ4n) is 3.38. The normalized spacial score (nSPS) is 13.6. The monoisotopic (exact) mass is 349 g/mol. The zero-order chi connectivity index (χ0) is 18.1. The zero-order valence-electron chi connectivity index (χ0n) is 15.2.